The van der Waals surface area contributed by atoms with Gasteiger partial charge in [0.2, 0.25) is 0 Å². The Hall–Kier alpha value is -0.770. The number of nitrogens with zero attached hydrogens (tertiary/aromatic N) is 2. The van der Waals surface area contributed by atoms with E-state index in [1.165, 1.54) is 30.5 Å². The fourth-order valence-corrected chi connectivity index (χ4v) is 4.10. The van der Waals surface area contributed by atoms with Crippen LogP contribution in [-0.2, 0) is 6.42 Å². The lowest BCUT2D eigenvalue weighted by Crippen LogP contribution is -2.37. The van der Waals surface area contributed by atoms with Crippen molar-refractivity contribution in [1.82, 2.24) is 4.90 Å². The lowest BCUT2D eigenvalue weighted by molar-refractivity contribution is 0.254. The second kappa shape index (κ2) is 5.92. The lowest BCUT2D eigenvalue weighted by Gasteiger charge is -2.30. The summed E-state index contributed by atoms with van der Waals surface area (Å²) in [5.74, 6) is 0. The molecule has 2 bridgehead atoms. The van der Waals surface area contributed by atoms with Gasteiger partial charge >= 0.3 is 0 Å². The van der Waals surface area contributed by atoms with E-state index in [9.17, 15) is 0 Å². The first-order valence-electron chi connectivity index (χ1n) is 7.65. The van der Waals surface area contributed by atoms with E-state index in [1.807, 2.05) is 12.1 Å². The maximum atomic E-state index is 6.49. The predicted octanol–water partition coefficient (Wildman–Crippen LogP) is 2.51. The Morgan fingerprint density at radius 1 is 1.25 bits per heavy atom. The van der Waals surface area contributed by atoms with Crippen molar-refractivity contribution in [3.8, 4) is 0 Å². The van der Waals surface area contributed by atoms with E-state index in [0.29, 0.717) is 12.6 Å². The molecule has 0 radical (unpaired) electrons. The zero-order chi connectivity index (χ0) is 14.1. The minimum absolute atomic E-state index is 0.671. The molecule has 2 fully saturated rings. The van der Waals surface area contributed by atoms with Crippen molar-refractivity contribution in [2.75, 3.05) is 31.6 Å². The van der Waals surface area contributed by atoms with Crippen molar-refractivity contribution in [1.29, 1.82) is 0 Å². The molecule has 0 spiro atoms. The maximum absolute atomic E-state index is 6.49. The smallest absolute Gasteiger partial charge is 0.0642 e. The quantitative estimate of drug-likeness (QED) is 0.929. The van der Waals surface area contributed by atoms with E-state index in [0.717, 1.165) is 30.6 Å². The highest BCUT2D eigenvalue weighted by molar-refractivity contribution is 6.33. The molecule has 0 aromatic heterocycles. The van der Waals surface area contributed by atoms with Gasteiger partial charge in [0.25, 0.3) is 0 Å². The SMILES string of the molecule is CN1C2CCC1CN(c1c(Cl)cccc1CCN)CC2. The minimum Gasteiger partial charge on any atom is -0.368 e. The second-order valence-electron chi connectivity index (χ2n) is 6.07. The van der Waals surface area contributed by atoms with E-state index in [1.54, 1.807) is 0 Å². The van der Waals surface area contributed by atoms with Crippen LogP contribution < -0.4 is 10.6 Å². The first-order chi connectivity index (χ1) is 9.70. The minimum atomic E-state index is 0.671. The normalized spacial score (nSPS) is 26.9. The number of benzene rings is 1. The molecular weight excluding hydrogens is 270 g/mol. The fourth-order valence-electron chi connectivity index (χ4n) is 3.78. The van der Waals surface area contributed by atoms with Crippen LogP contribution in [0.15, 0.2) is 18.2 Å². The molecule has 1 aromatic carbocycles. The monoisotopic (exact) mass is 293 g/mol. The molecule has 20 heavy (non-hydrogen) atoms. The molecule has 0 amide bonds. The summed E-state index contributed by atoms with van der Waals surface area (Å²) < 4.78 is 0. The largest absolute Gasteiger partial charge is 0.368 e. The Bertz CT molecular complexity index is 477. The van der Waals surface area contributed by atoms with Crippen LogP contribution >= 0.6 is 11.6 Å². The third-order valence-corrected chi connectivity index (χ3v) is 5.25. The molecule has 3 nitrogen and oxygen atoms in total. The van der Waals surface area contributed by atoms with E-state index in [2.05, 4.69) is 22.9 Å². The Balaban J connectivity index is 1.89. The highest BCUT2D eigenvalue weighted by Gasteiger charge is 2.35. The summed E-state index contributed by atoms with van der Waals surface area (Å²) in [5, 5.41) is 0.872. The van der Waals surface area contributed by atoms with E-state index in [-0.39, 0.29) is 0 Å². The molecule has 1 aromatic rings. The van der Waals surface area contributed by atoms with Crippen LogP contribution in [0.2, 0.25) is 5.02 Å². The maximum Gasteiger partial charge on any atom is 0.0642 e. The number of hydrogen-bond acceptors (Lipinski definition) is 3. The van der Waals surface area contributed by atoms with Gasteiger partial charge in [0.05, 0.1) is 10.7 Å². The van der Waals surface area contributed by atoms with Gasteiger partial charge < -0.3 is 10.6 Å². The van der Waals surface area contributed by atoms with Crippen molar-refractivity contribution in [2.45, 2.75) is 37.8 Å². The third kappa shape index (κ3) is 2.54. The van der Waals surface area contributed by atoms with Crippen molar-refractivity contribution in [3.63, 3.8) is 0 Å². The predicted molar refractivity (Wildman–Crippen MR) is 85.6 cm³/mol. The van der Waals surface area contributed by atoms with E-state index < -0.39 is 0 Å². The number of hydrogen-bond donors (Lipinski definition) is 1. The van der Waals surface area contributed by atoms with E-state index in [4.69, 9.17) is 17.3 Å². The van der Waals surface area contributed by atoms with Crippen LogP contribution in [0.25, 0.3) is 0 Å². The van der Waals surface area contributed by atoms with Gasteiger partial charge in [-0.3, -0.25) is 4.90 Å². The topological polar surface area (TPSA) is 32.5 Å². The molecule has 2 aliphatic heterocycles. The molecular formula is C16H24ClN3. The molecule has 2 atom stereocenters. The summed E-state index contributed by atoms with van der Waals surface area (Å²) >= 11 is 6.49. The summed E-state index contributed by atoms with van der Waals surface area (Å²) in [7, 11) is 2.28. The summed E-state index contributed by atoms with van der Waals surface area (Å²) in [4.78, 5) is 5.06. The van der Waals surface area contributed by atoms with Crippen LogP contribution in [0, 0.1) is 0 Å². The molecule has 2 aliphatic rings. The molecule has 0 aliphatic carbocycles. The Morgan fingerprint density at radius 3 is 2.85 bits per heavy atom. The molecule has 0 saturated carbocycles. The van der Waals surface area contributed by atoms with Crippen molar-refractivity contribution >= 4 is 17.3 Å². The molecule has 2 N–H and O–H groups in total. The average Bonchev–Trinajstić information content (AvgIpc) is 2.66. The van der Waals surface area contributed by atoms with Gasteiger partial charge in [-0.1, -0.05) is 23.7 Å². The molecule has 2 unspecified atom stereocenters. The summed E-state index contributed by atoms with van der Waals surface area (Å²) in [5.41, 5.74) is 8.27. The number of halogens is 1. The van der Waals surface area contributed by atoms with Gasteiger partial charge in [0.15, 0.2) is 0 Å². The van der Waals surface area contributed by atoms with Crippen LogP contribution in [0.1, 0.15) is 24.8 Å². The number of para-hydroxylation sites is 1. The average molecular weight is 294 g/mol. The molecule has 2 saturated heterocycles. The van der Waals surface area contributed by atoms with Crippen LogP contribution in [0.4, 0.5) is 5.69 Å². The molecule has 110 valence electrons. The zero-order valence-corrected chi connectivity index (χ0v) is 12.9. The number of anilines is 1. The van der Waals surface area contributed by atoms with Gasteiger partial charge in [-0.05, 0) is 50.9 Å². The zero-order valence-electron chi connectivity index (χ0n) is 12.2. The number of likely N-dealkylation sites (N-methyl/N-ethyl adjacent to an activating group) is 1. The lowest BCUT2D eigenvalue weighted by atomic mass is 10.0. The van der Waals surface area contributed by atoms with Crippen LogP contribution in [-0.4, -0.2) is 43.7 Å². The second-order valence-corrected chi connectivity index (χ2v) is 6.48. The Kier molecular flexibility index (Phi) is 4.20. The van der Waals surface area contributed by atoms with Crippen LogP contribution in [0.3, 0.4) is 0 Å². The fraction of sp³-hybridized carbons (Fsp3) is 0.625. The highest BCUT2D eigenvalue weighted by Crippen LogP contribution is 2.35. The molecule has 3 rings (SSSR count). The van der Waals surface area contributed by atoms with Crippen molar-refractivity contribution in [3.05, 3.63) is 28.8 Å². The number of rotatable bonds is 3. The first-order valence-corrected chi connectivity index (χ1v) is 8.03. The first kappa shape index (κ1) is 14.2. The van der Waals surface area contributed by atoms with Crippen molar-refractivity contribution in [2.24, 2.45) is 5.73 Å². The van der Waals surface area contributed by atoms with Gasteiger partial charge in [0.1, 0.15) is 0 Å². The summed E-state index contributed by atoms with van der Waals surface area (Å²) in [6.45, 7) is 2.87. The van der Waals surface area contributed by atoms with Gasteiger partial charge in [0, 0.05) is 25.2 Å². The third-order valence-electron chi connectivity index (χ3n) is 4.95. The van der Waals surface area contributed by atoms with E-state index >= 15 is 0 Å². The number of fused-ring (bicyclic) bond motifs is 2. The Labute approximate surface area is 126 Å². The van der Waals surface area contributed by atoms with Crippen LogP contribution in [0.5, 0.6) is 0 Å². The van der Waals surface area contributed by atoms with Gasteiger partial charge in [-0.2, -0.15) is 0 Å². The summed E-state index contributed by atoms with van der Waals surface area (Å²) in [6, 6.07) is 7.63. The molecule has 4 heteroatoms. The van der Waals surface area contributed by atoms with Crippen molar-refractivity contribution < 1.29 is 0 Å². The Morgan fingerprint density at radius 2 is 2.05 bits per heavy atom. The van der Waals surface area contributed by atoms with Gasteiger partial charge in [-0.25, -0.2) is 0 Å². The standard InChI is InChI=1S/C16H24ClN3/c1-19-13-5-6-14(19)11-20(10-8-13)16-12(7-9-18)3-2-4-15(16)17/h2-4,13-14H,5-11,18H2,1H3. The summed E-state index contributed by atoms with van der Waals surface area (Å²) in [6.07, 6.45) is 4.80. The van der Waals surface area contributed by atoms with Gasteiger partial charge in [-0.15, -0.1) is 0 Å². The number of nitrogens with two attached hydrogens (primary N) is 1. The highest BCUT2D eigenvalue weighted by atomic mass is 35.5. The molecule has 2 heterocycles.